The molecule has 5 rings (SSSR count). The zero-order valence-electron chi connectivity index (χ0n) is 23.4. The molecule has 3 aromatic rings. The Bertz CT molecular complexity index is 1480. The molecule has 0 saturated carbocycles. The van der Waals surface area contributed by atoms with Crippen molar-refractivity contribution in [2.24, 2.45) is 5.92 Å². The van der Waals surface area contributed by atoms with Gasteiger partial charge in [-0.25, -0.2) is 13.2 Å². The number of carboxylic acids is 1. The summed E-state index contributed by atoms with van der Waals surface area (Å²) in [5.41, 5.74) is 1.00. The summed E-state index contributed by atoms with van der Waals surface area (Å²) in [6.07, 6.45) is 0.0498. The highest BCUT2D eigenvalue weighted by Gasteiger charge is 2.48. The second kappa shape index (κ2) is 11.9. The lowest BCUT2D eigenvalue weighted by molar-refractivity contribution is -0.143. The molecule has 0 aromatic heterocycles. The summed E-state index contributed by atoms with van der Waals surface area (Å²) in [5, 5.41) is 13.1. The van der Waals surface area contributed by atoms with E-state index < -0.39 is 47.2 Å². The van der Waals surface area contributed by atoms with Crippen LogP contribution in [0.15, 0.2) is 42.5 Å². The van der Waals surface area contributed by atoms with Gasteiger partial charge in [-0.2, -0.15) is 0 Å². The first kappa shape index (κ1) is 29.2. The Balaban J connectivity index is 1.51. The topological polar surface area (TPSA) is 97.3 Å². The highest BCUT2D eigenvalue weighted by atomic mass is 19.2. The minimum atomic E-state index is -1.57. The minimum absolute atomic E-state index is 0.0249. The largest absolute Gasteiger partial charge is 0.497 e. The summed E-state index contributed by atoms with van der Waals surface area (Å²) in [6, 6.07) is 11.5. The van der Waals surface area contributed by atoms with Crippen molar-refractivity contribution in [2.75, 3.05) is 32.3 Å². The second-order valence-electron chi connectivity index (χ2n) is 10.3. The number of methoxy groups -OCH3 is 1. The zero-order chi connectivity index (χ0) is 30.1. The molecule has 2 heterocycles. The lowest BCUT2D eigenvalue weighted by atomic mass is 9.82. The van der Waals surface area contributed by atoms with Gasteiger partial charge in [-0.3, -0.25) is 14.5 Å². The average Bonchev–Trinajstić information content (AvgIpc) is 3.61. The molecule has 0 radical (unpaired) electrons. The quantitative estimate of drug-likeness (QED) is 0.323. The Labute approximate surface area is 241 Å². The van der Waals surface area contributed by atoms with Crippen LogP contribution in [0.3, 0.4) is 0 Å². The minimum Gasteiger partial charge on any atom is -0.497 e. The number of hydrogen-bond donors (Lipinski definition) is 2. The molecule has 1 fully saturated rings. The molecule has 222 valence electrons. The Morgan fingerprint density at radius 2 is 1.57 bits per heavy atom. The van der Waals surface area contributed by atoms with E-state index in [0.717, 1.165) is 0 Å². The number of amides is 1. The van der Waals surface area contributed by atoms with E-state index in [9.17, 15) is 27.9 Å². The smallest absolute Gasteiger partial charge is 0.309 e. The number of carboxylic acid groups (broad SMARTS) is 1. The van der Waals surface area contributed by atoms with Crippen molar-refractivity contribution < 1.29 is 42.1 Å². The SMILES string of the molecule is CCc1c(F)c(F)c(F)c(CC)c1NC(=O)CN1C[C@H](c2ccc3c(c2)OCO3)[C@@H](C(=O)O)[C@@H]1c1ccc(OC)cc1. The van der Waals surface area contributed by atoms with Crippen molar-refractivity contribution in [1.82, 2.24) is 4.90 Å². The number of carbonyl (C=O) groups excluding carboxylic acids is 1. The van der Waals surface area contributed by atoms with E-state index in [1.807, 2.05) is 0 Å². The van der Waals surface area contributed by atoms with Gasteiger partial charge in [0.25, 0.3) is 0 Å². The predicted molar refractivity (Wildman–Crippen MR) is 147 cm³/mol. The number of rotatable bonds is 9. The molecule has 2 aliphatic rings. The first-order valence-corrected chi connectivity index (χ1v) is 13.7. The van der Waals surface area contributed by atoms with Crippen LogP contribution in [-0.4, -0.2) is 48.9 Å². The number of aliphatic carboxylic acids is 1. The first-order chi connectivity index (χ1) is 20.2. The number of ether oxygens (including phenoxy) is 3. The first-order valence-electron chi connectivity index (χ1n) is 13.7. The number of anilines is 1. The van der Waals surface area contributed by atoms with Crippen molar-refractivity contribution in [3.05, 3.63) is 82.2 Å². The van der Waals surface area contributed by atoms with Gasteiger partial charge < -0.3 is 24.6 Å². The molecular weight excluding hydrogens is 553 g/mol. The molecular formula is C31H31F3N2O6. The summed E-state index contributed by atoms with van der Waals surface area (Å²) >= 11 is 0. The van der Waals surface area contributed by atoms with Crippen molar-refractivity contribution in [2.45, 2.75) is 38.6 Å². The molecule has 3 atom stereocenters. The molecule has 11 heteroatoms. The van der Waals surface area contributed by atoms with Gasteiger partial charge in [-0.1, -0.05) is 32.0 Å². The fourth-order valence-electron chi connectivity index (χ4n) is 6.01. The summed E-state index contributed by atoms with van der Waals surface area (Å²) < 4.78 is 59.7. The third kappa shape index (κ3) is 5.24. The molecule has 0 aliphatic carbocycles. The van der Waals surface area contributed by atoms with E-state index in [2.05, 4.69) is 5.32 Å². The molecule has 0 spiro atoms. The molecule has 2 N–H and O–H groups in total. The van der Waals surface area contributed by atoms with Gasteiger partial charge in [-0.15, -0.1) is 0 Å². The number of carbonyl (C=O) groups is 2. The number of halogens is 3. The van der Waals surface area contributed by atoms with Crippen LogP contribution < -0.4 is 19.5 Å². The van der Waals surface area contributed by atoms with Gasteiger partial charge in [0.05, 0.1) is 25.3 Å². The standard InChI is InChI=1S/C31H31F3N2O6/c1-4-19-26(32)28(34)27(33)20(5-2)29(19)35-24(37)14-36-13-21(17-8-11-22-23(12-17)42-15-41-22)25(31(38)39)30(36)16-6-9-18(40-3)10-7-16/h6-12,21,25,30H,4-5,13-15H2,1-3H3,(H,35,37)(H,38,39)/t21-,25-,30+/m1/s1. The van der Waals surface area contributed by atoms with E-state index in [1.54, 1.807) is 61.2 Å². The van der Waals surface area contributed by atoms with Crippen LogP contribution in [0.1, 0.15) is 48.1 Å². The molecule has 0 bridgehead atoms. The normalized spacial score (nSPS) is 19.6. The molecule has 2 aliphatic heterocycles. The van der Waals surface area contributed by atoms with Gasteiger partial charge in [0.15, 0.2) is 29.0 Å². The van der Waals surface area contributed by atoms with Crippen LogP contribution >= 0.6 is 0 Å². The Kier molecular flexibility index (Phi) is 8.31. The van der Waals surface area contributed by atoms with Crippen molar-refractivity contribution >= 4 is 17.6 Å². The van der Waals surface area contributed by atoms with Crippen LogP contribution in [0.4, 0.5) is 18.9 Å². The zero-order valence-corrected chi connectivity index (χ0v) is 23.4. The molecule has 1 amide bonds. The summed E-state index contributed by atoms with van der Waals surface area (Å²) in [7, 11) is 1.52. The van der Waals surface area contributed by atoms with Crippen LogP contribution in [-0.2, 0) is 22.4 Å². The number of benzene rings is 3. The van der Waals surface area contributed by atoms with Gasteiger partial charge in [0, 0.05) is 29.6 Å². The van der Waals surface area contributed by atoms with Gasteiger partial charge in [0.2, 0.25) is 12.7 Å². The third-order valence-electron chi connectivity index (χ3n) is 8.00. The highest BCUT2D eigenvalue weighted by molar-refractivity contribution is 5.94. The van der Waals surface area contributed by atoms with Crippen molar-refractivity contribution in [3.63, 3.8) is 0 Å². The van der Waals surface area contributed by atoms with Crippen molar-refractivity contribution in [3.8, 4) is 17.2 Å². The lowest BCUT2D eigenvalue weighted by Crippen LogP contribution is -2.35. The van der Waals surface area contributed by atoms with Gasteiger partial charge in [0.1, 0.15) is 5.75 Å². The third-order valence-corrected chi connectivity index (χ3v) is 8.00. The van der Waals surface area contributed by atoms with E-state index in [1.165, 1.54) is 7.11 Å². The number of nitrogens with one attached hydrogen (secondary N) is 1. The van der Waals surface area contributed by atoms with Crippen molar-refractivity contribution in [1.29, 1.82) is 0 Å². The van der Waals surface area contributed by atoms with Crippen LogP contribution in [0.25, 0.3) is 0 Å². The van der Waals surface area contributed by atoms with E-state index in [0.29, 0.717) is 28.4 Å². The Morgan fingerprint density at radius 3 is 2.17 bits per heavy atom. The lowest BCUT2D eigenvalue weighted by Gasteiger charge is -2.27. The maximum absolute atomic E-state index is 14.6. The van der Waals surface area contributed by atoms with E-state index in [-0.39, 0.29) is 49.5 Å². The molecule has 3 aromatic carbocycles. The molecule has 8 nitrogen and oxygen atoms in total. The van der Waals surface area contributed by atoms with E-state index in [4.69, 9.17) is 14.2 Å². The number of hydrogen-bond acceptors (Lipinski definition) is 6. The second-order valence-corrected chi connectivity index (χ2v) is 10.3. The number of nitrogens with zero attached hydrogens (tertiary/aromatic N) is 1. The number of likely N-dealkylation sites (tertiary alicyclic amines) is 1. The van der Waals surface area contributed by atoms with Crippen LogP contribution in [0.5, 0.6) is 17.2 Å². The maximum Gasteiger partial charge on any atom is 0.309 e. The van der Waals surface area contributed by atoms with Gasteiger partial charge in [-0.05, 0) is 48.2 Å². The van der Waals surface area contributed by atoms with Crippen LogP contribution in [0.2, 0.25) is 0 Å². The fraction of sp³-hybridized carbons (Fsp3) is 0.355. The fourth-order valence-corrected chi connectivity index (χ4v) is 6.01. The highest BCUT2D eigenvalue weighted by Crippen LogP contribution is 2.48. The average molecular weight is 585 g/mol. The van der Waals surface area contributed by atoms with E-state index >= 15 is 0 Å². The molecule has 0 unspecified atom stereocenters. The summed E-state index contributed by atoms with van der Waals surface area (Å²) in [5.74, 6) is -5.75. The van der Waals surface area contributed by atoms with Crippen LogP contribution in [0, 0.1) is 23.4 Å². The Morgan fingerprint density at radius 1 is 0.952 bits per heavy atom. The Hall–Kier alpha value is -4.25. The summed E-state index contributed by atoms with van der Waals surface area (Å²) in [6.45, 7) is 3.14. The summed E-state index contributed by atoms with van der Waals surface area (Å²) in [4.78, 5) is 28.0. The maximum atomic E-state index is 14.6. The molecule has 1 saturated heterocycles. The van der Waals surface area contributed by atoms with Gasteiger partial charge >= 0.3 is 5.97 Å². The predicted octanol–water partition coefficient (Wildman–Crippen LogP) is 5.45. The molecule has 42 heavy (non-hydrogen) atoms. The number of fused-ring (bicyclic) bond motifs is 1. The monoisotopic (exact) mass is 584 g/mol.